The Morgan fingerprint density at radius 1 is 1.00 bits per heavy atom. The molecule has 6 heteroatoms. The average Bonchev–Trinajstić information content (AvgIpc) is 2.49. The molecular weight excluding hydrogens is 348 g/mol. The second-order valence-electron chi connectivity index (χ2n) is 6.76. The average molecular weight is 375 g/mol. The number of carbonyl (C=O) groups is 1. The molecule has 1 amide bonds. The number of aryl methyl sites for hydroxylation is 3. The Morgan fingerprint density at radius 2 is 1.65 bits per heavy atom. The van der Waals surface area contributed by atoms with Crippen LogP contribution in [0.1, 0.15) is 28.7 Å². The normalized spacial score (nSPS) is 11.6. The van der Waals surface area contributed by atoms with Crippen molar-refractivity contribution in [3.8, 4) is 0 Å². The van der Waals surface area contributed by atoms with Crippen molar-refractivity contribution in [2.75, 3.05) is 18.1 Å². The Kier molecular flexibility index (Phi) is 6.56. The molecule has 0 bridgehead atoms. The summed E-state index contributed by atoms with van der Waals surface area (Å²) in [6.07, 6.45) is 1.27. The SMILES string of the molecule is Cc1cccc(CN(CCC(=O)Nc2cc(C)cc(C)c2)S(C)(=O)=O)c1. The lowest BCUT2D eigenvalue weighted by Crippen LogP contribution is -2.32. The van der Waals surface area contributed by atoms with E-state index >= 15 is 0 Å². The first kappa shape index (κ1) is 20.1. The van der Waals surface area contributed by atoms with Crippen molar-refractivity contribution in [3.63, 3.8) is 0 Å². The summed E-state index contributed by atoms with van der Waals surface area (Å²) in [5.74, 6) is -0.201. The van der Waals surface area contributed by atoms with E-state index in [1.807, 2.05) is 63.2 Å². The van der Waals surface area contributed by atoms with Crippen molar-refractivity contribution in [2.24, 2.45) is 0 Å². The summed E-state index contributed by atoms with van der Waals surface area (Å²) < 4.78 is 25.5. The molecule has 0 fully saturated rings. The largest absolute Gasteiger partial charge is 0.326 e. The molecule has 0 unspecified atom stereocenters. The van der Waals surface area contributed by atoms with Crippen LogP contribution in [0.25, 0.3) is 0 Å². The van der Waals surface area contributed by atoms with Crippen molar-refractivity contribution in [2.45, 2.75) is 33.7 Å². The summed E-state index contributed by atoms with van der Waals surface area (Å²) >= 11 is 0. The van der Waals surface area contributed by atoms with E-state index in [0.717, 1.165) is 27.9 Å². The van der Waals surface area contributed by atoms with Gasteiger partial charge in [-0.15, -0.1) is 0 Å². The van der Waals surface area contributed by atoms with Gasteiger partial charge in [0, 0.05) is 25.2 Å². The quantitative estimate of drug-likeness (QED) is 0.808. The van der Waals surface area contributed by atoms with E-state index in [-0.39, 0.29) is 25.4 Å². The van der Waals surface area contributed by atoms with E-state index < -0.39 is 10.0 Å². The van der Waals surface area contributed by atoms with Gasteiger partial charge in [-0.1, -0.05) is 35.9 Å². The summed E-state index contributed by atoms with van der Waals surface area (Å²) in [6.45, 7) is 6.30. The molecule has 1 N–H and O–H groups in total. The Hall–Kier alpha value is -2.18. The van der Waals surface area contributed by atoms with Crippen LogP contribution in [0.3, 0.4) is 0 Å². The molecule has 0 heterocycles. The van der Waals surface area contributed by atoms with Gasteiger partial charge in [-0.25, -0.2) is 8.42 Å². The van der Waals surface area contributed by atoms with Crippen molar-refractivity contribution >= 4 is 21.6 Å². The molecule has 0 aliphatic carbocycles. The van der Waals surface area contributed by atoms with Crippen LogP contribution in [0.5, 0.6) is 0 Å². The van der Waals surface area contributed by atoms with Gasteiger partial charge in [-0.2, -0.15) is 4.31 Å². The molecule has 2 aromatic carbocycles. The van der Waals surface area contributed by atoms with Crippen molar-refractivity contribution < 1.29 is 13.2 Å². The lowest BCUT2D eigenvalue weighted by molar-refractivity contribution is -0.116. The van der Waals surface area contributed by atoms with Crippen LogP contribution in [-0.2, 0) is 21.4 Å². The van der Waals surface area contributed by atoms with E-state index in [1.165, 1.54) is 10.6 Å². The van der Waals surface area contributed by atoms with Crippen LogP contribution in [0.2, 0.25) is 0 Å². The second-order valence-corrected chi connectivity index (χ2v) is 8.74. The maximum atomic E-state index is 12.2. The van der Waals surface area contributed by atoms with Gasteiger partial charge < -0.3 is 5.32 Å². The van der Waals surface area contributed by atoms with Crippen molar-refractivity contribution in [3.05, 3.63) is 64.7 Å². The molecule has 0 aliphatic rings. The number of hydrogen-bond donors (Lipinski definition) is 1. The predicted molar refractivity (Wildman–Crippen MR) is 106 cm³/mol. The minimum atomic E-state index is -3.40. The number of rotatable bonds is 7. The Labute approximate surface area is 156 Å². The van der Waals surface area contributed by atoms with E-state index in [1.54, 1.807) is 0 Å². The molecule has 0 saturated carbocycles. The topological polar surface area (TPSA) is 66.5 Å². The number of amides is 1. The molecule has 0 saturated heterocycles. The first-order chi connectivity index (χ1) is 12.1. The van der Waals surface area contributed by atoms with Crippen LogP contribution < -0.4 is 5.32 Å². The third kappa shape index (κ3) is 6.28. The fourth-order valence-electron chi connectivity index (χ4n) is 2.87. The van der Waals surface area contributed by atoms with Crippen molar-refractivity contribution in [1.82, 2.24) is 4.31 Å². The third-order valence-corrected chi connectivity index (χ3v) is 5.25. The summed E-state index contributed by atoms with van der Waals surface area (Å²) in [5, 5.41) is 2.84. The molecule has 2 aromatic rings. The summed E-state index contributed by atoms with van der Waals surface area (Å²) in [7, 11) is -3.40. The summed E-state index contributed by atoms with van der Waals surface area (Å²) in [5.41, 5.74) is 4.85. The van der Waals surface area contributed by atoms with E-state index in [4.69, 9.17) is 0 Å². The molecule has 0 spiro atoms. The smallest absolute Gasteiger partial charge is 0.225 e. The lowest BCUT2D eigenvalue weighted by Gasteiger charge is -2.20. The fourth-order valence-corrected chi connectivity index (χ4v) is 3.68. The molecule has 2 rings (SSSR count). The molecule has 140 valence electrons. The van der Waals surface area contributed by atoms with Gasteiger partial charge in [0.1, 0.15) is 0 Å². The number of sulfonamides is 1. The zero-order valence-corrected chi connectivity index (χ0v) is 16.6. The third-order valence-electron chi connectivity index (χ3n) is 4.00. The predicted octanol–water partition coefficient (Wildman–Crippen LogP) is 3.40. The molecule has 5 nitrogen and oxygen atoms in total. The van der Waals surface area contributed by atoms with Gasteiger partial charge in [0.25, 0.3) is 0 Å². The highest BCUT2D eigenvalue weighted by molar-refractivity contribution is 7.88. The van der Waals surface area contributed by atoms with Crippen LogP contribution in [0.15, 0.2) is 42.5 Å². The van der Waals surface area contributed by atoms with E-state index in [2.05, 4.69) is 5.32 Å². The second kappa shape index (κ2) is 8.47. The standard InChI is InChI=1S/C20H26N2O3S/c1-15-6-5-7-18(11-15)14-22(26(4,24)25)9-8-20(23)21-19-12-16(2)10-17(3)13-19/h5-7,10-13H,8-9,14H2,1-4H3,(H,21,23). The lowest BCUT2D eigenvalue weighted by atomic mass is 10.1. The van der Waals surface area contributed by atoms with Crippen LogP contribution in [-0.4, -0.2) is 31.4 Å². The molecule has 0 aliphatic heterocycles. The zero-order chi connectivity index (χ0) is 19.3. The minimum absolute atomic E-state index is 0.103. The van der Waals surface area contributed by atoms with Crippen LogP contribution in [0, 0.1) is 20.8 Å². The highest BCUT2D eigenvalue weighted by atomic mass is 32.2. The summed E-state index contributed by atoms with van der Waals surface area (Å²) in [6, 6.07) is 13.5. The first-order valence-electron chi connectivity index (χ1n) is 8.52. The highest BCUT2D eigenvalue weighted by Gasteiger charge is 2.18. The Balaban J connectivity index is 2.01. The Morgan fingerprint density at radius 3 is 2.23 bits per heavy atom. The van der Waals surface area contributed by atoms with Gasteiger partial charge in [-0.3, -0.25) is 4.79 Å². The fraction of sp³-hybridized carbons (Fsp3) is 0.350. The van der Waals surface area contributed by atoms with Crippen molar-refractivity contribution in [1.29, 1.82) is 0 Å². The number of hydrogen-bond acceptors (Lipinski definition) is 3. The molecule has 0 atom stereocenters. The van der Waals surface area contributed by atoms with Crippen LogP contribution >= 0.6 is 0 Å². The first-order valence-corrected chi connectivity index (χ1v) is 10.4. The molecular formula is C20H26N2O3S. The van der Waals surface area contributed by atoms with Gasteiger partial charge in [0.15, 0.2) is 0 Å². The summed E-state index contributed by atoms with van der Waals surface area (Å²) in [4.78, 5) is 12.2. The molecule has 26 heavy (non-hydrogen) atoms. The van der Waals surface area contributed by atoms with E-state index in [9.17, 15) is 13.2 Å². The van der Waals surface area contributed by atoms with Gasteiger partial charge >= 0.3 is 0 Å². The number of nitrogens with one attached hydrogen (secondary N) is 1. The maximum Gasteiger partial charge on any atom is 0.225 e. The minimum Gasteiger partial charge on any atom is -0.326 e. The highest BCUT2D eigenvalue weighted by Crippen LogP contribution is 2.15. The van der Waals surface area contributed by atoms with E-state index in [0.29, 0.717) is 0 Å². The van der Waals surface area contributed by atoms with Crippen LogP contribution in [0.4, 0.5) is 5.69 Å². The number of nitrogens with zero attached hydrogens (tertiary/aromatic N) is 1. The molecule has 0 radical (unpaired) electrons. The van der Waals surface area contributed by atoms with Gasteiger partial charge in [0.2, 0.25) is 15.9 Å². The molecule has 0 aromatic heterocycles. The van der Waals surface area contributed by atoms with Gasteiger partial charge in [0.05, 0.1) is 6.26 Å². The number of benzene rings is 2. The monoisotopic (exact) mass is 374 g/mol. The zero-order valence-electron chi connectivity index (χ0n) is 15.7. The van der Waals surface area contributed by atoms with Gasteiger partial charge in [-0.05, 0) is 49.6 Å². The Bertz CT molecular complexity index is 871. The number of anilines is 1. The number of carbonyl (C=O) groups excluding carboxylic acids is 1. The maximum absolute atomic E-state index is 12.2.